The first kappa shape index (κ1) is 12.0. The lowest BCUT2D eigenvalue weighted by Crippen LogP contribution is -2.40. The zero-order chi connectivity index (χ0) is 11.3. The summed E-state index contributed by atoms with van der Waals surface area (Å²) >= 11 is 0. The average molecular weight is 213 g/mol. The predicted octanol–water partition coefficient (Wildman–Crippen LogP) is 2.13. The van der Waals surface area contributed by atoms with E-state index in [4.69, 9.17) is 9.57 Å². The van der Waals surface area contributed by atoms with Gasteiger partial charge in [0.25, 0.3) is 0 Å². The maximum absolute atomic E-state index is 11.8. The van der Waals surface area contributed by atoms with Gasteiger partial charge in [0.1, 0.15) is 12.5 Å². The van der Waals surface area contributed by atoms with Crippen LogP contribution in [0.5, 0.6) is 0 Å². The first-order valence-electron chi connectivity index (χ1n) is 5.43. The fraction of sp³-hybridized carbons (Fsp3) is 0.818. The molecule has 4 nitrogen and oxygen atoms in total. The number of oxime groups is 1. The molecule has 1 atom stereocenters. The lowest BCUT2D eigenvalue weighted by molar-refractivity contribution is -0.151. The van der Waals surface area contributed by atoms with Crippen LogP contribution in [0.4, 0.5) is 0 Å². The van der Waals surface area contributed by atoms with E-state index >= 15 is 0 Å². The lowest BCUT2D eigenvalue weighted by atomic mass is 9.74. The Kier molecular flexibility index (Phi) is 4.12. The smallest absolute Gasteiger partial charge is 0.317 e. The van der Waals surface area contributed by atoms with E-state index < -0.39 is 5.41 Å². The second-order valence-corrected chi connectivity index (χ2v) is 3.98. The molecule has 15 heavy (non-hydrogen) atoms. The quantitative estimate of drug-likeness (QED) is 0.533. The molecule has 1 aliphatic carbocycles. The largest absolute Gasteiger partial charge is 0.465 e. The highest BCUT2D eigenvalue weighted by Crippen LogP contribution is 2.35. The van der Waals surface area contributed by atoms with E-state index in [2.05, 4.69) is 5.16 Å². The van der Waals surface area contributed by atoms with Crippen LogP contribution in [0.2, 0.25) is 0 Å². The molecule has 0 aromatic rings. The van der Waals surface area contributed by atoms with Gasteiger partial charge in [-0.2, -0.15) is 0 Å². The topological polar surface area (TPSA) is 47.9 Å². The van der Waals surface area contributed by atoms with Crippen molar-refractivity contribution in [3.05, 3.63) is 0 Å². The summed E-state index contributed by atoms with van der Waals surface area (Å²) in [4.78, 5) is 16.6. The number of carbonyl (C=O) groups is 1. The van der Waals surface area contributed by atoms with E-state index in [-0.39, 0.29) is 5.97 Å². The zero-order valence-electron chi connectivity index (χ0n) is 9.71. The first-order valence-corrected chi connectivity index (χ1v) is 5.43. The van der Waals surface area contributed by atoms with Crippen LogP contribution in [0.15, 0.2) is 5.16 Å². The van der Waals surface area contributed by atoms with Gasteiger partial charge in [-0.3, -0.25) is 4.79 Å². The molecule has 0 saturated heterocycles. The van der Waals surface area contributed by atoms with Crippen molar-refractivity contribution in [2.75, 3.05) is 13.7 Å². The van der Waals surface area contributed by atoms with Crippen molar-refractivity contribution in [2.24, 2.45) is 10.6 Å². The van der Waals surface area contributed by atoms with Gasteiger partial charge < -0.3 is 9.57 Å². The normalized spacial score (nSPS) is 28.9. The predicted molar refractivity (Wildman–Crippen MR) is 57.7 cm³/mol. The van der Waals surface area contributed by atoms with E-state index in [1.807, 2.05) is 13.8 Å². The minimum Gasteiger partial charge on any atom is -0.465 e. The highest BCUT2D eigenvalue weighted by Gasteiger charge is 2.42. The van der Waals surface area contributed by atoms with Crippen molar-refractivity contribution < 1.29 is 14.4 Å². The number of esters is 1. The molecular weight excluding hydrogens is 194 g/mol. The molecule has 0 heterocycles. The molecular formula is C11H19NO3. The van der Waals surface area contributed by atoms with Gasteiger partial charge in [-0.05, 0) is 33.1 Å². The minimum absolute atomic E-state index is 0.180. The summed E-state index contributed by atoms with van der Waals surface area (Å²) in [5.41, 5.74) is 0.235. The van der Waals surface area contributed by atoms with Crippen LogP contribution in [-0.2, 0) is 14.4 Å². The average Bonchev–Trinajstić information content (AvgIpc) is 2.22. The summed E-state index contributed by atoms with van der Waals surface area (Å²) in [5.74, 6) is -0.180. The van der Waals surface area contributed by atoms with Crippen molar-refractivity contribution in [3.8, 4) is 0 Å². The molecule has 1 saturated carbocycles. The summed E-state index contributed by atoms with van der Waals surface area (Å²) in [6.45, 7) is 4.12. The molecule has 1 fully saturated rings. The van der Waals surface area contributed by atoms with Crippen molar-refractivity contribution in [2.45, 2.75) is 39.5 Å². The maximum Gasteiger partial charge on any atom is 0.317 e. The number of hydrogen-bond donors (Lipinski definition) is 0. The molecule has 0 aliphatic heterocycles. The third-order valence-corrected chi connectivity index (χ3v) is 2.90. The van der Waals surface area contributed by atoms with Crippen LogP contribution in [0.25, 0.3) is 0 Å². The van der Waals surface area contributed by atoms with Gasteiger partial charge in [-0.25, -0.2) is 0 Å². The van der Waals surface area contributed by atoms with Gasteiger partial charge >= 0.3 is 5.97 Å². The lowest BCUT2D eigenvalue weighted by Gasteiger charge is -2.31. The highest BCUT2D eigenvalue weighted by atomic mass is 16.6. The standard InChI is InChI=1S/C11H19NO3/c1-4-15-10(13)11(2)8-6-5-7-9(11)12-14-3/h4-8H2,1-3H3. The SMILES string of the molecule is CCOC(=O)C1(C)CCCCC1=NOC. The van der Waals surface area contributed by atoms with Crippen LogP contribution in [0.1, 0.15) is 39.5 Å². The van der Waals surface area contributed by atoms with Gasteiger partial charge in [0.15, 0.2) is 0 Å². The Labute approximate surface area is 90.6 Å². The van der Waals surface area contributed by atoms with Crippen LogP contribution in [0.3, 0.4) is 0 Å². The van der Waals surface area contributed by atoms with Gasteiger partial charge in [-0.1, -0.05) is 11.6 Å². The molecule has 0 bridgehead atoms. The Morgan fingerprint density at radius 2 is 2.27 bits per heavy atom. The number of rotatable bonds is 3. The molecule has 0 spiro atoms. The van der Waals surface area contributed by atoms with Crippen molar-refractivity contribution >= 4 is 11.7 Å². The molecule has 0 N–H and O–H groups in total. The fourth-order valence-corrected chi connectivity index (χ4v) is 1.96. The third-order valence-electron chi connectivity index (χ3n) is 2.90. The monoisotopic (exact) mass is 213 g/mol. The van der Waals surface area contributed by atoms with E-state index in [0.29, 0.717) is 6.61 Å². The van der Waals surface area contributed by atoms with E-state index in [9.17, 15) is 4.79 Å². The molecule has 0 radical (unpaired) electrons. The van der Waals surface area contributed by atoms with Gasteiger partial charge in [0, 0.05) is 0 Å². The first-order chi connectivity index (χ1) is 7.15. The van der Waals surface area contributed by atoms with Crippen molar-refractivity contribution in [1.29, 1.82) is 0 Å². The Hall–Kier alpha value is -1.06. The fourth-order valence-electron chi connectivity index (χ4n) is 1.96. The van der Waals surface area contributed by atoms with Gasteiger partial charge in [-0.15, -0.1) is 0 Å². The number of hydrogen-bond acceptors (Lipinski definition) is 4. The summed E-state index contributed by atoms with van der Waals surface area (Å²) in [6, 6.07) is 0. The van der Waals surface area contributed by atoms with E-state index in [1.165, 1.54) is 7.11 Å². The third kappa shape index (κ3) is 2.49. The molecule has 0 aromatic carbocycles. The van der Waals surface area contributed by atoms with E-state index in [1.54, 1.807) is 0 Å². The summed E-state index contributed by atoms with van der Waals surface area (Å²) in [5, 5.41) is 3.96. The Balaban J connectivity index is 2.85. The molecule has 4 heteroatoms. The molecule has 0 aromatic heterocycles. The minimum atomic E-state index is -0.579. The summed E-state index contributed by atoms with van der Waals surface area (Å²) < 4.78 is 5.09. The van der Waals surface area contributed by atoms with Crippen LogP contribution in [-0.4, -0.2) is 25.4 Å². The second-order valence-electron chi connectivity index (χ2n) is 3.98. The summed E-state index contributed by atoms with van der Waals surface area (Å²) in [6.07, 6.45) is 3.73. The molecule has 0 amide bonds. The Morgan fingerprint density at radius 1 is 1.53 bits per heavy atom. The van der Waals surface area contributed by atoms with Gasteiger partial charge in [0.05, 0.1) is 12.3 Å². The van der Waals surface area contributed by atoms with Crippen LogP contribution in [0, 0.1) is 5.41 Å². The van der Waals surface area contributed by atoms with Crippen LogP contribution >= 0.6 is 0 Å². The van der Waals surface area contributed by atoms with Crippen LogP contribution < -0.4 is 0 Å². The maximum atomic E-state index is 11.8. The molecule has 1 rings (SSSR count). The number of nitrogens with zero attached hydrogens (tertiary/aromatic N) is 1. The second kappa shape index (κ2) is 5.14. The number of ether oxygens (including phenoxy) is 1. The Bertz CT molecular complexity index is 263. The molecule has 86 valence electrons. The van der Waals surface area contributed by atoms with E-state index in [0.717, 1.165) is 31.4 Å². The van der Waals surface area contributed by atoms with Gasteiger partial charge in [0.2, 0.25) is 0 Å². The zero-order valence-corrected chi connectivity index (χ0v) is 9.71. The highest BCUT2D eigenvalue weighted by molar-refractivity contribution is 6.06. The van der Waals surface area contributed by atoms with Crippen molar-refractivity contribution in [3.63, 3.8) is 0 Å². The Morgan fingerprint density at radius 3 is 2.87 bits per heavy atom. The number of carbonyl (C=O) groups excluding carboxylic acids is 1. The van der Waals surface area contributed by atoms with Crippen molar-refractivity contribution in [1.82, 2.24) is 0 Å². The molecule has 1 unspecified atom stereocenters. The molecule has 1 aliphatic rings. The summed E-state index contributed by atoms with van der Waals surface area (Å²) in [7, 11) is 1.51.